The van der Waals surface area contributed by atoms with Gasteiger partial charge < -0.3 is 9.84 Å². The molecule has 0 spiro atoms. The fraction of sp³-hybridized carbons (Fsp3) is 0.167. The van der Waals surface area contributed by atoms with Gasteiger partial charge in [-0.15, -0.1) is 0 Å². The zero-order chi connectivity index (χ0) is 22.4. The summed E-state index contributed by atoms with van der Waals surface area (Å²) in [6.07, 6.45) is -0.998. The Hall–Kier alpha value is -3.55. The number of anilines is 2. The summed E-state index contributed by atoms with van der Waals surface area (Å²) in [5.74, 6) is -1.09. The van der Waals surface area contributed by atoms with E-state index < -0.39 is 24.0 Å². The van der Waals surface area contributed by atoms with Crippen LogP contribution in [0.5, 0.6) is 11.5 Å². The van der Waals surface area contributed by atoms with Crippen molar-refractivity contribution in [2.45, 2.75) is 12.1 Å². The molecule has 2 saturated heterocycles. The number of nitrogens with zero attached hydrogens (tertiary/aromatic N) is 2. The van der Waals surface area contributed by atoms with Crippen LogP contribution < -0.4 is 14.7 Å². The number of hydrogen-bond donors (Lipinski definition) is 1. The lowest BCUT2D eigenvalue weighted by atomic mass is 9.90. The highest BCUT2D eigenvalue weighted by Crippen LogP contribution is 2.48. The molecule has 0 radical (unpaired) electrons. The van der Waals surface area contributed by atoms with Gasteiger partial charge in [-0.25, -0.2) is 9.96 Å². The van der Waals surface area contributed by atoms with Crippen molar-refractivity contribution in [2.24, 2.45) is 5.92 Å². The molecule has 2 fully saturated rings. The summed E-state index contributed by atoms with van der Waals surface area (Å²) >= 11 is 6.03. The van der Waals surface area contributed by atoms with E-state index in [0.717, 1.165) is 10.5 Å². The van der Waals surface area contributed by atoms with Gasteiger partial charge in [0.15, 0.2) is 6.10 Å². The number of phenols is 1. The van der Waals surface area contributed by atoms with E-state index in [9.17, 15) is 14.7 Å². The number of phenolic OH excluding ortho intramolecular Hbond substituents is 1. The van der Waals surface area contributed by atoms with Gasteiger partial charge in [0, 0.05) is 5.02 Å². The summed E-state index contributed by atoms with van der Waals surface area (Å²) in [6, 6.07) is 19.8. The van der Waals surface area contributed by atoms with Crippen molar-refractivity contribution in [2.75, 3.05) is 17.1 Å². The second kappa shape index (κ2) is 7.85. The van der Waals surface area contributed by atoms with E-state index in [0.29, 0.717) is 22.1 Å². The van der Waals surface area contributed by atoms with Crippen LogP contribution in [0.25, 0.3) is 0 Å². The van der Waals surface area contributed by atoms with Gasteiger partial charge in [0.05, 0.1) is 24.5 Å². The second-order valence-electron chi connectivity index (χ2n) is 7.57. The highest BCUT2D eigenvalue weighted by Gasteiger charge is 2.60. The summed E-state index contributed by atoms with van der Waals surface area (Å²) in [5.41, 5.74) is 1.77. The average molecular weight is 451 g/mol. The number of carbonyl (C=O) groups excluding carboxylic acids is 2. The molecule has 7 nitrogen and oxygen atoms in total. The molecule has 0 unspecified atom stereocenters. The molecule has 0 bridgehead atoms. The number of hydrogen-bond acceptors (Lipinski definition) is 6. The van der Waals surface area contributed by atoms with Gasteiger partial charge in [-0.3, -0.25) is 14.4 Å². The maximum absolute atomic E-state index is 13.6. The second-order valence-corrected chi connectivity index (χ2v) is 8.01. The van der Waals surface area contributed by atoms with Gasteiger partial charge in [0.25, 0.3) is 5.91 Å². The fourth-order valence-electron chi connectivity index (χ4n) is 4.29. The van der Waals surface area contributed by atoms with Crippen molar-refractivity contribution in [3.05, 3.63) is 83.4 Å². The van der Waals surface area contributed by atoms with Crippen LogP contribution in [0.2, 0.25) is 5.02 Å². The van der Waals surface area contributed by atoms with Crippen LogP contribution in [0.15, 0.2) is 72.8 Å². The first-order valence-electron chi connectivity index (χ1n) is 10.0. The number of aromatic hydroxyl groups is 1. The quantitative estimate of drug-likeness (QED) is 0.603. The maximum atomic E-state index is 13.6. The first kappa shape index (κ1) is 20.4. The van der Waals surface area contributed by atoms with E-state index in [1.54, 1.807) is 77.9 Å². The minimum absolute atomic E-state index is 0.103. The van der Waals surface area contributed by atoms with Gasteiger partial charge in [0.2, 0.25) is 5.91 Å². The van der Waals surface area contributed by atoms with Crippen molar-refractivity contribution in [1.29, 1.82) is 0 Å². The van der Waals surface area contributed by atoms with Gasteiger partial charge in [0.1, 0.15) is 17.4 Å². The Morgan fingerprint density at radius 3 is 2.31 bits per heavy atom. The van der Waals surface area contributed by atoms with Gasteiger partial charge in [-0.2, -0.15) is 0 Å². The molecule has 5 rings (SSSR count). The molecule has 8 heteroatoms. The number of benzene rings is 3. The lowest BCUT2D eigenvalue weighted by Gasteiger charge is -2.29. The van der Waals surface area contributed by atoms with E-state index in [4.69, 9.17) is 21.2 Å². The van der Waals surface area contributed by atoms with Gasteiger partial charge in [-0.1, -0.05) is 35.9 Å². The molecule has 2 amide bonds. The van der Waals surface area contributed by atoms with Crippen LogP contribution in [0.4, 0.5) is 11.4 Å². The number of fused-ring (bicyclic) bond motifs is 1. The number of carbonyl (C=O) groups is 2. The predicted octanol–water partition coefficient (Wildman–Crippen LogP) is 4.11. The monoisotopic (exact) mass is 450 g/mol. The number of rotatable bonds is 4. The average Bonchev–Trinajstić information content (AvgIpc) is 3.31. The maximum Gasteiger partial charge on any atom is 0.266 e. The summed E-state index contributed by atoms with van der Waals surface area (Å²) in [5, 5.41) is 11.9. The number of para-hydroxylation sites is 2. The standard InChI is InChI=1S/C24H19ClN2O5/c1-31-19-5-3-2-4-18(19)26-23(29)20-21(14-6-12-17(28)13-7-14)27(32-22(20)24(26)30)16-10-8-15(25)9-11-16/h2-13,20-22,28H,1H3/t20-,21-,22-/m1/s1. The molecule has 2 aliphatic rings. The SMILES string of the molecule is COc1ccccc1N1C(=O)[C@@H]2[C@@H](c3ccc(O)cc3)N(c3ccc(Cl)cc3)O[C@H]2C1=O. The van der Waals surface area contributed by atoms with Crippen LogP contribution in [-0.4, -0.2) is 30.1 Å². The molecular weight excluding hydrogens is 432 g/mol. The molecule has 0 aromatic heterocycles. The predicted molar refractivity (Wildman–Crippen MR) is 119 cm³/mol. The minimum Gasteiger partial charge on any atom is -0.508 e. The molecule has 2 heterocycles. The normalized spacial score (nSPS) is 22.4. The largest absolute Gasteiger partial charge is 0.508 e. The third kappa shape index (κ3) is 3.18. The Balaban J connectivity index is 1.59. The van der Waals surface area contributed by atoms with Crippen molar-refractivity contribution in [3.63, 3.8) is 0 Å². The molecule has 3 atom stereocenters. The molecule has 162 valence electrons. The third-order valence-electron chi connectivity index (χ3n) is 5.76. The van der Waals surface area contributed by atoms with Gasteiger partial charge in [-0.05, 0) is 54.1 Å². The summed E-state index contributed by atoms with van der Waals surface area (Å²) in [4.78, 5) is 34.2. The van der Waals surface area contributed by atoms with Crippen LogP contribution in [-0.2, 0) is 14.4 Å². The van der Waals surface area contributed by atoms with Gasteiger partial charge >= 0.3 is 0 Å². The molecule has 1 N–H and O–H groups in total. The molecule has 0 aliphatic carbocycles. The van der Waals surface area contributed by atoms with E-state index >= 15 is 0 Å². The summed E-state index contributed by atoms with van der Waals surface area (Å²) in [7, 11) is 1.49. The molecule has 32 heavy (non-hydrogen) atoms. The van der Waals surface area contributed by atoms with E-state index in [2.05, 4.69) is 0 Å². The van der Waals surface area contributed by atoms with Crippen LogP contribution in [0.3, 0.4) is 0 Å². The van der Waals surface area contributed by atoms with E-state index in [1.165, 1.54) is 7.11 Å². The molecule has 3 aromatic rings. The van der Waals surface area contributed by atoms with Crippen LogP contribution in [0.1, 0.15) is 11.6 Å². The fourth-order valence-corrected chi connectivity index (χ4v) is 4.41. The Bertz CT molecular complexity index is 1180. The Labute approximate surface area is 189 Å². The lowest BCUT2D eigenvalue weighted by molar-refractivity contribution is -0.126. The van der Waals surface area contributed by atoms with Crippen LogP contribution >= 0.6 is 11.6 Å². The Morgan fingerprint density at radius 2 is 1.62 bits per heavy atom. The van der Waals surface area contributed by atoms with E-state index in [-0.39, 0.29) is 11.7 Å². The molecule has 2 aliphatic heterocycles. The first-order valence-corrected chi connectivity index (χ1v) is 10.4. The topological polar surface area (TPSA) is 79.3 Å². The smallest absolute Gasteiger partial charge is 0.266 e. The Kier molecular flexibility index (Phi) is 5.00. The minimum atomic E-state index is -0.998. The third-order valence-corrected chi connectivity index (χ3v) is 6.01. The van der Waals surface area contributed by atoms with Crippen molar-refractivity contribution >= 4 is 34.8 Å². The summed E-state index contributed by atoms with van der Waals surface area (Å²) < 4.78 is 5.37. The zero-order valence-electron chi connectivity index (χ0n) is 17.0. The lowest BCUT2D eigenvalue weighted by Crippen LogP contribution is -2.37. The number of amides is 2. The number of methoxy groups -OCH3 is 1. The Morgan fingerprint density at radius 1 is 0.938 bits per heavy atom. The van der Waals surface area contributed by atoms with Crippen LogP contribution in [0, 0.1) is 5.92 Å². The van der Waals surface area contributed by atoms with E-state index in [1.807, 2.05) is 0 Å². The molecule has 3 aromatic carbocycles. The van der Waals surface area contributed by atoms with Crippen molar-refractivity contribution < 1.29 is 24.3 Å². The molecular formula is C24H19ClN2O5. The number of hydroxylamine groups is 1. The molecule has 0 saturated carbocycles. The highest BCUT2D eigenvalue weighted by atomic mass is 35.5. The number of imide groups is 1. The number of halogens is 1. The van der Waals surface area contributed by atoms with Crippen molar-refractivity contribution in [1.82, 2.24) is 0 Å². The van der Waals surface area contributed by atoms with Crippen molar-refractivity contribution in [3.8, 4) is 11.5 Å². The zero-order valence-corrected chi connectivity index (χ0v) is 17.8. The first-order chi connectivity index (χ1) is 15.5. The summed E-state index contributed by atoms with van der Waals surface area (Å²) in [6.45, 7) is 0. The highest BCUT2D eigenvalue weighted by molar-refractivity contribution is 6.30. The number of ether oxygens (including phenoxy) is 1.